The van der Waals surface area contributed by atoms with Gasteiger partial charge >= 0.3 is 0 Å². The van der Waals surface area contributed by atoms with Crippen molar-refractivity contribution in [1.82, 2.24) is 14.6 Å². The molecule has 41 heavy (non-hydrogen) atoms. The first-order valence-corrected chi connectivity index (χ1v) is 16.7. The molecular weight excluding hydrogens is 538 g/mol. The maximum absolute atomic E-state index is 13.6. The van der Waals surface area contributed by atoms with E-state index in [1.54, 1.807) is 13.2 Å². The van der Waals surface area contributed by atoms with Crippen molar-refractivity contribution < 1.29 is 22.7 Å². The molecule has 3 aliphatic rings. The molecule has 2 N–H and O–H groups in total. The van der Waals surface area contributed by atoms with Gasteiger partial charge in [0.2, 0.25) is 10.0 Å². The van der Waals surface area contributed by atoms with Crippen molar-refractivity contribution in [3.63, 3.8) is 0 Å². The smallest absolute Gasteiger partial charge is 0.253 e. The molecule has 0 unspecified atom stereocenters. The van der Waals surface area contributed by atoms with Crippen LogP contribution in [0.25, 0.3) is 11.3 Å². The molecule has 2 aromatic rings. The number of aromatic nitrogens is 1. The first kappa shape index (κ1) is 30.3. The van der Waals surface area contributed by atoms with Crippen LogP contribution in [0.4, 0.5) is 0 Å². The molecule has 1 aromatic carbocycles. The van der Waals surface area contributed by atoms with Crippen LogP contribution in [0.15, 0.2) is 29.2 Å². The average Bonchev–Trinajstić information content (AvgIpc) is 3.67. The zero-order chi connectivity index (χ0) is 29.4. The number of ether oxygens (including phenoxy) is 2. The Kier molecular flexibility index (Phi) is 8.73. The third-order valence-electron chi connectivity index (χ3n) is 8.92. The highest BCUT2D eigenvalue weighted by molar-refractivity contribution is 7.89. The standard InChI is InChI=1S/C32H47N3O5S/c1-22-26(30(36)33-25-13-17-40-18-14-25)20-28(35(22)21-23-9-7-6-8-10-23)24-11-12-29(41(37,38)34-31(2,3)4)27(19-24)32(39-5)15-16-32/h11-12,19-20,23,25,34H,6-10,13-18,21H2,1-5H3,(H,33,36). The molecule has 2 saturated carbocycles. The lowest BCUT2D eigenvalue weighted by atomic mass is 9.89. The molecule has 9 heteroatoms. The summed E-state index contributed by atoms with van der Waals surface area (Å²) in [5, 5.41) is 3.24. The summed E-state index contributed by atoms with van der Waals surface area (Å²) in [6.45, 7) is 9.75. The molecule has 0 radical (unpaired) electrons. The Morgan fingerprint density at radius 1 is 1.07 bits per heavy atom. The topological polar surface area (TPSA) is 98.7 Å². The number of amides is 1. The van der Waals surface area contributed by atoms with Crippen molar-refractivity contribution in [2.24, 2.45) is 5.92 Å². The van der Waals surface area contributed by atoms with E-state index >= 15 is 0 Å². The molecule has 0 atom stereocenters. The van der Waals surface area contributed by atoms with Gasteiger partial charge in [-0.2, -0.15) is 0 Å². The van der Waals surface area contributed by atoms with Crippen LogP contribution in [0.5, 0.6) is 0 Å². The van der Waals surface area contributed by atoms with Crippen molar-refractivity contribution in [3.05, 3.63) is 41.1 Å². The van der Waals surface area contributed by atoms with Gasteiger partial charge in [0.25, 0.3) is 5.91 Å². The van der Waals surface area contributed by atoms with Crippen molar-refractivity contribution in [1.29, 1.82) is 0 Å². The van der Waals surface area contributed by atoms with E-state index in [1.807, 2.05) is 45.9 Å². The van der Waals surface area contributed by atoms with Gasteiger partial charge in [-0.05, 0) is 95.9 Å². The fourth-order valence-corrected chi connectivity index (χ4v) is 8.21. The van der Waals surface area contributed by atoms with Gasteiger partial charge < -0.3 is 19.4 Å². The lowest BCUT2D eigenvalue weighted by Gasteiger charge is -2.26. The summed E-state index contributed by atoms with van der Waals surface area (Å²) in [6.07, 6.45) is 9.33. The molecule has 1 aromatic heterocycles. The van der Waals surface area contributed by atoms with Crippen LogP contribution in [0.2, 0.25) is 0 Å². The molecule has 2 aliphatic carbocycles. The molecule has 1 aliphatic heterocycles. The first-order chi connectivity index (χ1) is 19.4. The Balaban J connectivity index is 1.57. The van der Waals surface area contributed by atoms with Crippen molar-refractivity contribution in [2.45, 2.75) is 114 Å². The molecule has 1 saturated heterocycles. The predicted octanol–water partition coefficient (Wildman–Crippen LogP) is 5.66. The monoisotopic (exact) mass is 585 g/mol. The quantitative estimate of drug-likeness (QED) is 0.396. The average molecular weight is 586 g/mol. The van der Waals surface area contributed by atoms with Crippen LogP contribution in [-0.4, -0.2) is 50.8 Å². The Bertz CT molecular complexity index is 1360. The van der Waals surface area contributed by atoms with Crippen molar-refractivity contribution in [3.8, 4) is 11.3 Å². The summed E-state index contributed by atoms with van der Waals surface area (Å²) in [5.41, 5.74) is 2.95. The molecule has 1 amide bonds. The number of carbonyl (C=O) groups is 1. The summed E-state index contributed by atoms with van der Waals surface area (Å²) in [5.74, 6) is 0.506. The minimum Gasteiger partial charge on any atom is -0.381 e. The predicted molar refractivity (Wildman–Crippen MR) is 160 cm³/mol. The Hall–Kier alpha value is -2.20. The fraction of sp³-hybridized carbons (Fsp3) is 0.656. The van der Waals surface area contributed by atoms with E-state index in [0.29, 0.717) is 30.3 Å². The van der Waals surface area contributed by atoms with Crippen LogP contribution >= 0.6 is 0 Å². The molecule has 0 bridgehead atoms. The van der Waals surface area contributed by atoms with E-state index in [9.17, 15) is 13.2 Å². The zero-order valence-corrected chi connectivity index (χ0v) is 26.2. The highest BCUT2D eigenvalue weighted by Gasteiger charge is 2.48. The molecule has 8 nitrogen and oxygen atoms in total. The number of hydrogen-bond acceptors (Lipinski definition) is 5. The Morgan fingerprint density at radius 2 is 1.76 bits per heavy atom. The van der Waals surface area contributed by atoms with Crippen LogP contribution < -0.4 is 10.0 Å². The van der Waals surface area contributed by atoms with Crippen molar-refractivity contribution in [2.75, 3.05) is 20.3 Å². The van der Waals surface area contributed by atoms with E-state index in [1.165, 1.54) is 32.1 Å². The van der Waals surface area contributed by atoms with Gasteiger partial charge in [0.15, 0.2) is 0 Å². The third kappa shape index (κ3) is 6.74. The summed E-state index contributed by atoms with van der Waals surface area (Å²) in [6, 6.07) is 7.70. The molecule has 2 heterocycles. The third-order valence-corrected chi connectivity index (χ3v) is 10.7. The number of sulfonamides is 1. The highest BCUT2D eigenvalue weighted by Crippen LogP contribution is 2.51. The zero-order valence-electron chi connectivity index (χ0n) is 25.3. The maximum Gasteiger partial charge on any atom is 0.253 e. The van der Waals surface area contributed by atoms with Gasteiger partial charge in [-0.3, -0.25) is 4.79 Å². The van der Waals surface area contributed by atoms with E-state index in [4.69, 9.17) is 9.47 Å². The molecule has 5 rings (SSSR count). The van der Waals surface area contributed by atoms with Gasteiger partial charge in [-0.15, -0.1) is 0 Å². The molecular formula is C32H47N3O5S. The number of rotatable bonds is 9. The largest absolute Gasteiger partial charge is 0.381 e. The normalized spacial score (nSPS) is 20.2. The molecule has 226 valence electrons. The van der Waals surface area contributed by atoms with E-state index < -0.39 is 21.2 Å². The SMILES string of the molecule is COC1(c2cc(-c3cc(C(=O)NC4CCOCC4)c(C)n3CC3CCCCC3)ccc2S(=O)(=O)NC(C)(C)C)CC1. The van der Waals surface area contributed by atoms with Gasteiger partial charge in [0.05, 0.1) is 16.1 Å². The summed E-state index contributed by atoms with van der Waals surface area (Å²) < 4.78 is 43.6. The second-order valence-electron chi connectivity index (χ2n) is 13.3. The summed E-state index contributed by atoms with van der Waals surface area (Å²) >= 11 is 0. The van der Waals surface area contributed by atoms with E-state index in [-0.39, 0.29) is 16.8 Å². The van der Waals surface area contributed by atoms with Gasteiger partial charge in [-0.1, -0.05) is 25.3 Å². The van der Waals surface area contributed by atoms with Gasteiger partial charge in [-0.25, -0.2) is 13.1 Å². The van der Waals surface area contributed by atoms with E-state index in [0.717, 1.165) is 49.2 Å². The van der Waals surface area contributed by atoms with Crippen LogP contribution in [0, 0.1) is 12.8 Å². The highest BCUT2D eigenvalue weighted by atomic mass is 32.2. The van der Waals surface area contributed by atoms with Crippen LogP contribution in [0.1, 0.15) is 100 Å². The number of carbonyl (C=O) groups excluding carboxylic acids is 1. The van der Waals surface area contributed by atoms with Crippen molar-refractivity contribution >= 4 is 15.9 Å². The van der Waals surface area contributed by atoms with E-state index in [2.05, 4.69) is 14.6 Å². The fourth-order valence-electron chi connectivity index (χ4n) is 6.52. The molecule has 3 fully saturated rings. The maximum atomic E-state index is 13.6. The Labute approximate surface area is 245 Å². The second-order valence-corrected chi connectivity index (χ2v) is 14.9. The summed E-state index contributed by atoms with van der Waals surface area (Å²) in [4.78, 5) is 13.8. The minimum absolute atomic E-state index is 0.0533. The Morgan fingerprint density at radius 3 is 2.37 bits per heavy atom. The minimum atomic E-state index is -3.78. The second kappa shape index (κ2) is 11.8. The summed E-state index contributed by atoms with van der Waals surface area (Å²) in [7, 11) is -2.12. The number of hydrogen-bond donors (Lipinski definition) is 2. The van der Waals surface area contributed by atoms with Gasteiger partial charge in [0, 0.05) is 55.4 Å². The number of methoxy groups -OCH3 is 1. The van der Waals surface area contributed by atoms with Crippen LogP contribution in [0.3, 0.4) is 0 Å². The van der Waals surface area contributed by atoms with Crippen LogP contribution in [-0.2, 0) is 31.6 Å². The number of nitrogens with one attached hydrogen (secondary N) is 2. The number of benzene rings is 1. The molecule has 0 spiro atoms. The van der Waals surface area contributed by atoms with Gasteiger partial charge in [0.1, 0.15) is 0 Å². The lowest BCUT2D eigenvalue weighted by molar-refractivity contribution is 0.0696. The lowest BCUT2D eigenvalue weighted by Crippen LogP contribution is -2.41. The first-order valence-electron chi connectivity index (χ1n) is 15.3. The number of nitrogens with zero attached hydrogens (tertiary/aromatic N) is 1.